The molecule has 1 atom stereocenters. The molecule has 178 valence electrons. The Morgan fingerprint density at radius 3 is 2.62 bits per heavy atom. The second-order valence-electron chi connectivity index (χ2n) is 8.23. The van der Waals surface area contributed by atoms with E-state index in [0.29, 0.717) is 26.3 Å². The van der Waals surface area contributed by atoms with Crippen LogP contribution >= 0.6 is 11.3 Å². The SMILES string of the molecule is COc1ccccc1[C@@H](O)Cn1c(=O)n(C(C)(C)C(=O)O)c(=O)c2c(C)c(-c3ncco3)sc21. The molecule has 0 aliphatic heterocycles. The number of aliphatic hydroxyl groups excluding tert-OH is 1. The number of rotatable bonds is 7. The molecule has 1 aromatic carbocycles. The average molecular weight is 486 g/mol. The zero-order valence-corrected chi connectivity index (χ0v) is 19.8. The van der Waals surface area contributed by atoms with Crippen molar-refractivity contribution >= 4 is 27.5 Å². The van der Waals surface area contributed by atoms with Gasteiger partial charge in [-0.3, -0.25) is 9.36 Å². The van der Waals surface area contributed by atoms with E-state index in [0.717, 1.165) is 11.3 Å². The molecule has 0 fully saturated rings. The summed E-state index contributed by atoms with van der Waals surface area (Å²) in [5, 5.41) is 21.0. The van der Waals surface area contributed by atoms with E-state index in [9.17, 15) is 24.6 Å². The third-order valence-corrected chi connectivity index (χ3v) is 7.08. The van der Waals surface area contributed by atoms with Gasteiger partial charge in [-0.15, -0.1) is 11.3 Å². The number of carboxylic acid groups (broad SMARTS) is 1. The van der Waals surface area contributed by atoms with Gasteiger partial charge in [0.25, 0.3) is 5.56 Å². The van der Waals surface area contributed by atoms with E-state index >= 15 is 0 Å². The van der Waals surface area contributed by atoms with Gasteiger partial charge in [-0.2, -0.15) is 0 Å². The molecule has 0 spiro atoms. The van der Waals surface area contributed by atoms with Gasteiger partial charge in [0.1, 0.15) is 28.5 Å². The highest BCUT2D eigenvalue weighted by Gasteiger charge is 2.36. The van der Waals surface area contributed by atoms with Crippen LogP contribution in [0, 0.1) is 6.92 Å². The minimum atomic E-state index is -1.84. The largest absolute Gasteiger partial charge is 0.496 e. The Morgan fingerprint density at radius 1 is 1.29 bits per heavy atom. The van der Waals surface area contributed by atoms with E-state index < -0.39 is 28.9 Å². The van der Waals surface area contributed by atoms with Gasteiger partial charge in [0.05, 0.1) is 30.1 Å². The number of fused-ring (bicyclic) bond motifs is 1. The van der Waals surface area contributed by atoms with Gasteiger partial charge in [-0.05, 0) is 32.4 Å². The number of oxazole rings is 1. The summed E-state index contributed by atoms with van der Waals surface area (Å²) in [6.45, 7) is 4.00. The predicted octanol–water partition coefficient (Wildman–Crippen LogP) is 2.75. The van der Waals surface area contributed by atoms with Gasteiger partial charge in [-0.1, -0.05) is 18.2 Å². The molecule has 11 heteroatoms. The molecule has 0 unspecified atom stereocenters. The molecule has 0 amide bonds. The van der Waals surface area contributed by atoms with Crippen LogP contribution in [0.3, 0.4) is 0 Å². The molecule has 10 nitrogen and oxygen atoms in total. The Bertz CT molecular complexity index is 1500. The molecule has 0 saturated heterocycles. The molecular formula is C23H23N3O7S. The summed E-state index contributed by atoms with van der Waals surface area (Å²) < 4.78 is 12.7. The quantitative estimate of drug-likeness (QED) is 0.408. The van der Waals surface area contributed by atoms with Crippen LogP contribution in [0.4, 0.5) is 0 Å². The Hall–Kier alpha value is -3.70. The van der Waals surface area contributed by atoms with E-state index in [1.165, 1.54) is 38.0 Å². The highest BCUT2D eigenvalue weighted by Crippen LogP contribution is 2.36. The molecule has 0 aliphatic carbocycles. The minimum absolute atomic E-state index is 0.166. The van der Waals surface area contributed by atoms with Crippen LogP contribution in [-0.4, -0.2) is 37.4 Å². The Balaban J connectivity index is 2.03. The van der Waals surface area contributed by atoms with Gasteiger partial charge in [0.2, 0.25) is 5.89 Å². The zero-order valence-electron chi connectivity index (χ0n) is 18.9. The summed E-state index contributed by atoms with van der Waals surface area (Å²) in [4.78, 5) is 44.0. The highest BCUT2D eigenvalue weighted by atomic mass is 32.1. The summed E-state index contributed by atoms with van der Waals surface area (Å²) in [5.74, 6) is -0.642. The van der Waals surface area contributed by atoms with Gasteiger partial charge in [0.15, 0.2) is 0 Å². The Labute approximate surface area is 197 Å². The number of aromatic nitrogens is 3. The number of carbonyl (C=O) groups is 1. The van der Waals surface area contributed by atoms with Crippen LogP contribution in [0.25, 0.3) is 21.0 Å². The molecule has 2 N–H and O–H groups in total. The summed E-state index contributed by atoms with van der Waals surface area (Å²) in [7, 11) is 1.47. The molecule has 0 aliphatic rings. The second-order valence-corrected chi connectivity index (χ2v) is 9.23. The smallest absolute Gasteiger partial charge is 0.333 e. The first-order valence-corrected chi connectivity index (χ1v) is 11.1. The highest BCUT2D eigenvalue weighted by molar-refractivity contribution is 7.22. The maximum atomic E-state index is 13.6. The van der Waals surface area contributed by atoms with Crippen LogP contribution in [0.2, 0.25) is 0 Å². The number of aliphatic carboxylic acids is 1. The zero-order chi connectivity index (χ0) is 24.8. The van der Waals surface area contributed by atoms with Crippen molar-refractivity contribution in [3.8, 4) is 16.5 Å². The van der Waals surface area contributed by atoms with Crippen molar-refractivity contribution in [2.24, 2.45) is 0 Å². The normalized spacial score (nSPS) is 12.7. The number of thiophene rings is 1. The van der Waals surface area contributed by atoms with Crippen molar-refractivity contribution in [1.29, 1.82) is 0 Å². The summed E-state index contributed by atoms with van der Waals surface area (Å²) in [6.07, 6.45) is 1.68. The lowest BCUT2D eigenvalue weighted by Crippen LogP contribution is -2.52. The lowest BCUT2D eigenvalue weighted by atomic mass is 10.1. The molecule has 4 rings (SSSR count). The van der Waals surface area contributed by atoms with Crippen molar-refractivity contribution in [3.05, 3.63) is 68.7 Å². The number of methoxy groups -OCH3 is 1. The fraction of sp³-hybridized carbons (Fsp3) is 0.304. The molecule has 3 aromatic heterocycles. The maximum absolute atomic E-state index is 13.6. The minimum Gasteiger partial charge on any atom is -0.496 e. The topological polar surface area (TPSA) is 137 Å². The number of aliphatic hydroxyl groups is 1. The standard InChI is InChI=1S/C23H23N3O7S/c1-12-16-19(28)26(23(2,3)21(29)30)22(31)25(20(16)34-17(12)18-24-9-10-33-18)11-14(27)13-7-5-6-8-15(13)32-4/h5-10,14,27H,11H2,1-4H3,(H,29,30)/t14-/m0/s1. The fourth-order valence-electron chi connectivity index (χ4n) is 3.85. The Kier molecular flexibility index (Phi) is 5.92. The molecule has 0 bridgehead atoms. The predicted molar refractivity (Wildman–Crippen MR) is 125 cm³/mol. The number of nitrogens with zero attached hydrogens (tertiary/aromatic N) is 3. The first kappa shape index (κ1) is 23.5. The summed E-state index contributed by atoms with van der Waals surface area (Å²) in [5.41, 5.74) is -2.47. The number of carboxylic acids is 1. The van der Waals surface area contributed by atoms with Gasteiger partial charge < -0.3 is 19.4 Å². The number of aryl methyl sites for hydroxylation is 1. The van der Waals surface area contributed by atoms with Crippen molar-refractivity contribution in [3.63, 3.8) is 0 Å². The van der Waals surface area contributed by atoms with Crippen LogP contribution in [0.5, 0.6) is 5.75 Å². The second kappa shape index (κ2) is 8.58. The lowest BCUT2D eigenvalue weighted by molar-refractivity contribution is -0.146. The van der Waals surface area contributed by atoms with Crippen molar-refractivity contribution in [2.45, 2.75) is 39.0 Å². The van der Waals surface area contributed by atoms with E-state index in [2.05, 4.69) is 4.98 Å². The number of para-hydroxylation sites is 1. The van der Waals surface area contributed by atoms with Crippen LogP contribution in [-0.2, 0) is 16.9 Å². The molecular weight excluding hydrogens is 462 g/mol. The van der Waals surface area contributed by atoms with Crippen molar-refractivity contribution in [2.75, 3.05) is 7.11 Å². The lowest BCUT2D eigenvalue weighted by Gasteiger charge is -2.24. The van der Waals surface area contributed by atoms with E-state index in [-0.39, 0.29) is 22.7 Å². The summed E-state index contributed by atoms with van der Waals surface area (Å²) in [6, 6.07) is 6.83. The van der Waals surface area contributed by atoms with Gasteiger partial charge in [0, 0.05) is 5.56 Å². The fourth-order valence-corrected chi connectivity index (χ4v) is 5.09. The first-order chi connectivity index (χ1) is 16.1. The van der Waals surface area contributed by atoms with Crippen molar-refractivity contribution in [1.82, 2.24) is 14.1 Å². The third kappa shape index (κ3) is 3.62. The Morgan fingerprint density at radius 2 is 2.00 bits per heavy atom. The maximum Gasteiger partial charge on any atom is 0.333 e. The van der Waals surface area contributed by atoms with Gasteiger partial charge >= 0.3 is 11.7 Å². The van der Waals surface area contributed by atoms with Crippen LogP contribution < -0.4 is 16.0 Å². The van der Waals surface area contributed by atoms with Crippen molar-refractivity contribution < 1.29 is 24.2 Å². The number of hydrogen-bond donors (Lipinski definition) is 2. The number of ether oxygens (including phenoxy) is 1. The van der Waals surface area contributed by atoms with Gasteiger partial charge in [-0.25, -0.2) is 19.1 Å². The molecule has 4 aromatic rings. The van der Waals surface area contributed by atoms with E-state index in [4.69, 9.17) is 9.15 Å². The monoisotopic (exact) mass is 485 g/mol. The van der Waals surface area contributed by atoms with Crippen LogP contribution in [0.15, 0.2) is 50.7 Å². The number of benzene rings is 1. The van der Waals surface area contributed by atoms with Crippen LogP contribution in [0.1, 0.15) is 31.1 Å². The first-order valence-electron chi connectivity index (χ1n) is 10.3. The number of hydrogen-bond acceptors (Lipinski definition) is 8. The molecule has 3 heterocycles. The third-order valence-electron chi connectivity index (χ3n) is 5.77. The summed E-state index contributed by atoms with van der Waals surface area (Å²) >= 11 is 1.12. The average Bonchev–Trinajstić information content (AvgIpc) is 3.44. The molecule has 0 radical (unpaired) electrons. The molecule has 34 heavy (non-hydrogen) atoms. The van der Waals surface area contributed by atoms with E-state index in [1.807, 2.05) is 0 Å². The van der Waals surface area contributed by atoms with E-state index in [1.54, 1.807) is 31.2 Å². The molecule has 0 saturated carbocycles.